The molecular weight excluding hydrogens is 95.0 g/mol. The van der Waals surface area contributed by atoms with Crippen molar-refractivity contribution in [3.05, 3.63) is 0 Å². The van der Waals surface area contributed by atoms with Gasteiger partial charge in [-0.05, 0) is 12.6 Å². The Hall–Kier alpha value is 0.100. The molecule has 0 aliphatic rings. The Labute approximate surface area is 40.3 Å². The molecule has 0 N–H and O–H groups in total. The molecule has 2 heteroatoms. The van der Waals surface area contributed by atoms with Crippen molar-refractivity contribution in [2.75, 3.05) is 6.16 Å². The minimum absolute atomic E-state index is 0.712. The summed E-state index contributed by atoms with van der Waals surface area (Å²) in [6.45, 7) is 0. The Morgan fingerprint density at radius 1 is 1.67 bits per heavy atom. The SMILES string of the molecule is O=CCCCP. The zero-order chi connectivity index (χ0) is 4.83. The van der Waals surface area contributed by atoms with Gasteiger partial charge in [0.2, 0.25) is 0 Å². The average molecular weight is 104 g/mol. The first-order chi connectivity index (χ1) is 2.91. The van der Waals surface area contributed by atoms with E-state index in [0.717, 1.165) is 18.9 Å². The summed E-state index contributed by atoms with van der Waals surface area (Å²) in [4.78, 5) is 9.55. The van der Waals surface area contributed by atoms with Crippen LogP contribution >= 0.6 is 9.24 Å². The summed E-state index contributed by atoms with van der Waals surface area (Å²) in [5.74, 6) is 0. The lowest BCUT2D eigenvalue weighted by Crippen LogP contribution is -1.73. The van der Waals surface area contributed by atoms with E-state index in [1.54, 1.807) is 0 Å². The summed E-state index contributed by atoms with van der Waals surface area (Å²) in [6, 6.07) is 0. The van der Waals surface area contributed by atoms with Gasteiger partial charge in [-0.25, -0.2) is 0 Å². The van der Waals surface area contributed by atoms with Crippen LogP contribution in [0.2, 0.25) is 0 Å². The van der Waals surface area contributed by atoms with Crippen LogP contribution in [0.3, 0.4) is 0 Å². The molecule has 0 aromatic heterocycles. The van der Waals surface area contributed by atoms with Crippen LogP contribution in [0.15, 0.2) is 0 Å². The van der Waals surface area contributed by atoms with Gasteiger partial charge in [-0.1, -0.05) is 0 Å². The van der Waals surface area contributed by atoms with Crippen molar-refractivity contribution in [3.63, 3.8) is 0 Å². The third-order valence-electron chi connectivity index (χ3n) is 0.526. The molecule has 0 rings (SSSR count). The second kappa shape index (κ2) is 5.10. The minimum atomic E-state index is 0.712. The fourth-order valence-electron chi connectivity index (χ4n) is 0.201. The predicted octanol–water partition coefficient (Wildman–Crippen LogP) is 0.841. The smallest absolute Gasteiger partial charge is 0.120 e. The third-order valence-corrected chi connectivity index (χ3v) is 0.934. The molecule has 1 atom stereocenters. The molecule has 0 spiro atoms. The lowest BCUT2D eigenvalue weighted by molar-refractivity contribution is -0.107. The van der Waals surface area contributed by atoms with Gasteiger partial charge in [-0.3, -0.25) is 0 Å². The third kappa shape index (κ3) is 4.10. The molecule has 0 aromatic carbocycles. The maximum atomic E-state index is 9.55. The number of unbranched alkanes of at least 4 members (excludes halogenated alkanes) is 1. The predicted molar refractivity (Wildman–Crippen MR) is 29.9 cm³/mol. The maximum Gasteiger partial charge on any atom is 0.120 e. The lowest BCUT2D eigenvalue weighted by Gasteiger charge is -1.79. The molecule has 0 aliphatic carbocycles. The molecule has 0 aromatic rings. The highest BCUT2D eigenvalue weighted by molar-refractivity contribution is 7.16. The molecule has 0 fully saturated rings. The molecule has 0 aliphatic heterocycles. The first-order valence-corrected chi connectivity index (χ1v) is 2.87. The Bertz CT molecular complexity index is 36.5. The van der Waals surface area contributed by atoms with Crippen molar-refractivity contribution in [1.29, 1.82) is 0 Å². The fraction of sp³-hybridized carbons (Fsp3) is 0.750. The second-order valence-electron chi connectivity index (χ2n) is 1.10. The van der Waals surface area contributed by atoms with Gasteiger partial charge >= 0.3 is 0 Å². The number of carbonyl (C=O) groups excluding carboxylic acids is 1. The number of carbonyl (C=O) groups is 1. The molecule has 0 amide bonds. The summed E-state index contributed by atoms with van der Waals surface area (Å²) in [5.41, 5.74) is 0. The highest BCUT2D eigenvalue weighted by Gasteiger charge is 1.75. The summed E-state index contributed by atoms with van der Waals surface area (Å²) in [6.07, 6.45) is 3.71. The van der Waals surface area contributed by atoms with E-state index in [9.17, 15) is 4.79 Å². The number of hydrogen-bond donors (Lipinski definition) is 0. The summed E-state index contributed by atoms with van der Waals surface area (Å²) in [5, 5.41) is 0. The summed E-state index contributed by atoms with van der Waals surface area (Å²) >= 11 is 0. The van der Waals surface area contributed by atoms with E-state index in [2.05, 4.69) is 9.24 Å². The molecule has 1 unspecified atom stereocenters. The van der Waals surface area contributed by atoms with E-state index >= 15 is 0 Å². The molecule has 0 bridgehead atoms. The minimum Gasteiger partial charge on any atom is -0.303 e. The Morgan fingerprint density at radius 2 is 2.33 bits per heavy atom. The van der Waals surface area contributed by atoms with Crippen molar-refractivity contribution in [2.45, 2.75) is 12.8 Å². The molecule has 1 nitrogen and oxygen atoms in total. The van der Waals surface area contributed by atoms with E-state index in [1.165, 1.54) is 0 Å². The van der Waals surface area contributed by atoms with Crippen LogP contribution in [0.5, 0.6) is 0 Å². The zero-order valence-electron chi connectivity index (χ0n) is 3.68. The van der Waals surface area contributed by atoms with E-state index in [4.69, 9.17) is 0 Å². The highest BCUT2D eigenvalue weighted by Crippen LogP contribution is 1.88. The van der Waals surface area contributed by atoms with Gasteiger partial charge in [-0.2, -0.15) is 0 Å². The first kappa shape index (κ1) is 6.10. The van der Waals surface area contributed by atoms with Crippen LogP contribution in [-0.2, 0) is 4.79 Å². The van der Waals surface area contributed by atoms with E-state index in [1.807, 2.05) is 0 Å². The van der Waals surface area contributed by atoms with Crippen molar-refractivity contribution < 1.29 is 4.79 Å². The molecular formula is C4H9OP. The van der Waals surface area contributed by atoms with Crippen molar-refractivity contribution in [2.24, 2.45) is 0 Å². The van der Waals surface area contributed by atoms with E-state index < -0.39 is 0 Å². The van der Waals surface area contributed by atoms with Gasteiger partial charge in [-0.15, -0.1) is 9.24 Å². The highest BCUT2D eigenvalue weighted by atomic mass is 31.0. The van der Waals surface area contributed by atoms with Gasteiger partial charge in [0.1, 0.15) is 6.29 Å². The van der Waals surface area contributed by atoms with Gasteiger partial charge < -0.3 is 4.79 Å². The molecule has 36 valence electrons. The van der Waals surface area contributed by atoms with Crippen molar-refractivity contribution in [3.8, 4) is 0 Å². The Kier molecular flexibility index (Phi) is 5.18. The van der Waals surface area contributed by atoms with Crippen LogP contribution in [0.1, 0.15) is 12.8 Å². The Balaban J connectivity index is 2.49. The van der Waals surface area contributed by atoms with Crippen LogP contribution in [0, 0.1) is 0 Å². The average Bonchev–Trinajstić information content (AvgIpc) is 1.61. The van der Waals surface area contributed by atoms with Gasteiger partial charge in [0.15, 0.2) is 0 Å². The molecule has 0 saturated carbocycles. The molecule has 0 saturated heterocycles. The fourth-order valence-corrected chi connectivity index (χ4v) is 0.437. The Morgan fingerprint density at radius 3 is 2.50 bits per heavy atom. The maximum absolute atomic E-state index is 9.55. The van der Waals surface area contributed by atoms with Gasteiger partial charge in [0, 0.05) is 6.42 Å². The zero-order valence-corrected chi connectivity index (χ0v) is 4.84. The van der Waals surface area contributed by atoms with Gasteiger partial charge in [0.05, 0.1) is 0 Å². The molecule has 0 radical (unpaired) electrons. The monoisotopic (exact) mass is 104 g/mol. The standard InChI is InChI=1S/C4H9OP/c5-3-1-2-4-6/h3H,1-2,4,6H2. The van der Waals surface area contributed by atoms with Crippen molar-refractivity contribution >= 4 is 15.5 Å². The van der Waals surface area contributed by atoms with E-state index in [-0.39, 0.29) is 0 Å². The van der Waals surface area contributed by atoms with Crippen LogP contribution < -0.4 is 0 Å². The quantitative estimate of drug-likeness (QED) is 0.294. The second-order valence-corrected chi connectivity index (χ2v) is 1.67. The van der Waals surface area contributed by atoms with Crippen molar-refractivity contribution in [1.82, 2.24) is 0 Å². The van der Waals surface area contributed by atoms with Crippen LogP contribution in [0.4, 0.5) is 0 Å². The first-order valence-electron chi connectivity index (χ1n) is 2.05. The lowest BCUT2D eigenvalue weighted by atomic mass is 10.4. The van der Waals surface area contributed by atoms with Crippen LogP contribution in [0.25, 0.3) is 0 Å². The van der Waals surface area contributed by atoms with Gasteiger partial charge in [0.25, 0.3) is 0 Å². The number of aldehydes is 1. The largest absolute Gasteiger partial charge is 0.303 e. The normalized spacial score (nSPS) is 8.17. The number of rotatable bonds is 3. The summed E-state index contributed by atoms with van der Waals surface area (Å²) in [7, 11) is 2.57. The topological polar surface area (TPSA) is 17.1 Å². The molecule has 0 heterocycles. The van der Waals surface area contributed by atoms with Crippen LogP contribution in [-0.4, -0.2) is 12.4 Å². The van der Waals surface area contributed by atoms with E-state index in [0.29, 0.717) is 6.42 Å². The summed E-state index contributed by atoms with van der Waals surface area (Å²) < 4.78 is 0. The number of hydrogen-bond acceptors (Lipinski definition) is 1. The molecule has 6 heavy (non-hydrogen) atoms.